The molecule has 1 aromatic carbocycles. The molecular formula is C16H18ClNO3S. The smallest absolute Gasteiger partial charge is 0.251 e. The van der Waals surface area contributed by atoms with Crippen LogP contribution in [0.15, 0.2) is 35.7 Å². The fourth-order valence-corrected chi connectivity index (χ4v) is 3.02. The molecule has 0 aliphatic heterocycles. The van der Waals surface area contributed by atoms with E-state index >= 15 is 0 Å². The maximum atomic E-state index is 12.2. The van der Waals surface area contributed by atoms with E-state index in [4.69, 9.17) is 16.3 Å². The first-order valence-electron chi connectivity index (χ1n) is 6.87. The lowest BCUT2D eigenvalue weighted by atomic mass is 10.1. The van der Waals surface area contributed by atoms with E-state index in [1.165, 1.54) is 18.4 Å². The van der Waals surface area contributed by atoms with Gasteiger partial charge in [-0.15, -0.1) is 11.3 Å². The van der Waals surface area contributed by atoms with Crippen LogP contribution in [-0.4, -0.2) is 24.2 Å². The Bertz CT molecular complexity index is 630. The fraction of sp³-hybridized carbons (Fsp3) is 0.312. The van der Waals surface area contributed by atoms with Crippen molar-refractivity contribution in [3.8, 4) is 5.75 Å². The Morgan fingerprint density at radius 3 is 2.86 bits per heavy atom. The van der Waals surface area contributed by atoms with Gasteiger partial charge in [-0.05, 0) is 43.0 Å². The van der Waals surface area contributed by atoms with Crippen LogP contribution < -0.4 is 10.1 Å². The monoisotopic (exact) mass is 339 g/mol. The molecule has 0 fully saturated rings. The predicted octanol–water partition coefficient (Wildman–Crippen LogP) is 3.65. The standard InChI is InChI=1S/C16H18ClNO3S/c1-10(8-13(19)15-4-3-7-22-15)18-16(20)11-5-6-12(17)14(9-11)21-2/h3-7,9-10,13,19H,8H2,1-2H3,(H,18,20)/t10-,13-/m0/s1. The van der Waals surface area contributed by atoms with Gasteiger partial charge in [0.25, 0.3) is 5.91 Å². The number of ether oxygens (including phenoxy) is 1. The van der Waals surface area contributed by atoms with E-state index in [2.05, 4.69) is 5.32 Å². The molecule has 0 spiro atoms. The maximum absolute atomic E-state index is 12.2. The molecule has 0 aliphatic rings. The van der Waals surface area contributed by atoms with E-state index in [0.29, 0.717) is 22.8 Å². The van der Waals surface area contributed by atoms with Crippen molar-refractivity contribution in [3.63, 3.8) is 0 Å². The third kappa shape index (κ3) is 4.22. The Morgan fingerprint density at radius 1 is 1.45 bits per heavy atom. The number of hydrogen-bond donors (Lipinski definition) is 2. The number of nitrogens with one attached hydrogen (secondary N) is 1. The molecule has 2 aromatic rings. The van der Waals surface area contributed by atoms with Gasteiger partial charge in [-0.2, -0.15) is 0 Å². The summed E-state index contributed by atoms with van der Waals surface area (Å²) in [7, 11) is 1.50. The minimum atomic E-state index is -0.574. The summed E-state index contributed by atoms with van der Waals surface area (Å²) >= 11 is 7.44. The molecule has 1 aromatic heterocycles. The summed E-state index contributed by atoms with van der Waals surface area (Å²) in [6.07, 6.45) is -0.119. The lowest BCUT2D eigenvalue weighted by Gasteiger charge is -2.17. The van der Waals surface area contributed by atoms with Crippen molar-refractivity contribution in [3.05, 3.63) is 51.2 Å². The van der Waals surface area contributed by atoms with Crippen LogP contribution >= 0.6 is 22.9 Å². The molecule has 2 rings (SSSR count). The van der Waals surface area contributed by atoms with Gasteiger partial charge in [0.1, 0.15) is 5.75 Å². The molecule has 118 valence electrons. The zero-order chi connectivity index (χ0) is 16.1. The highest BCUT2D eigenvalue weighted by Crippen LogP contribution is 2.25. The van der Waals surface area contributed by atoms with Crippen molar-refractivity contribution in [1.29, 1.82) is 0 Å². The van der Waals surface area contributed by atoms with Crippen molar-refractivity contribution in [2.75, 3.05) is 7.11 Å². The minimum Gasteiger partial charge on any atom is -0.495 e. The first-order valence-corrected chi connectivity index (χ1v) is 8.13. The van der Waals surface area contributed by atoms with Crippen molar-refractivity contribution in [2.45, 2.75) is 25.5 Å². The van der Waals surface area contributed by atoms with Gasteiger partial charge in [0, 0.05) is 16.5 Å². The topological polar surface area (TPSA) is 58.6 Å². The molecule has 2 atom stereocenters. The summed E-state index contributed by atoms with van der Waals surface area (Å²) in [6.45, 7) is 1.86. The Labute approximate surface area is 138 Å². The average molecular weight is 340 g/mol. The third-order valence-corrected chi connectivity index (χ3v) is 4.53. The van der Waals surface area contributed by atoms with Gasteiger partial charge in [-0.1, -0.05) is 17.7 Å². The Hall–Kier alpha value is -1.56. The normalized spacial score (nSPS) is 13.5. The zero-order valence-corrected chi connectivity index (χ0v) is 13.9. The Balaban J connectivity index is 1.96. The number of rotatable bonds is 6. The van der Waals surface area contributed by atoms with Crippen molar-refractivity contribution in [2.24, 2.45) is 0 Å². The molecule has 0 aliphatic carbocycles. The third-order valence-electron chi connectivity index (χ3n) is 3.24. The second-order valence-electron chi connectivity index (χ2n) is 4.99. The van der Waals surface area contributed by atoms with Crippen LogP contribution in [0.1, 0.15) is 34.7 Å². The van der Waals surface area contributed by atoms with Gasteiger partial charge in [-0.25, -0.2) is 0 Å². The molecule has 1 heterocycles. The molecule has 6 heteroatoms. The van der Waals surface area contributed by atoms with Gasteiger partial charge in [0.05, 0.1) is 18.2 Å². The number of amides is 1. The van der Waals surface area contributed by atoms with Crippen LogP contribution in [0, 0.1) is 0 Å². The van der Waals surface area contributed by atoms with E-state index in [-0.39, 0.29) is 11.9 Å². The van der Waals surface area contributed by atoms with Crippen LogP contribution in [0.3, 0.4) is 0 Å². The maximum Gasteiger partial charge on any atom is 0.251 e. The number of hydrogen-bond acceptors (Lipinski definition) is 4. The number of benzene rings is 1. The van der Waals surface area contributed by atoms with Crippen molar-refractivity contribution < 1.29 is 14.6 Å². The molecule has 2 N–H and O–H groups in total. The number of aliphatic hydroxyl groups is 1. The van der Waals surface area contributed by atoms with Crippen LogP contribution in [-0.2, 0) is 0 Å². The molecule has 0 unspecified atom stereocenters. The highest BCUT2D eigenvalue weighted by Gasteiger charge is 2.16. The van der Waals surface area contributed by atoms with Gasteiger partial charge >= 0.3 is 0 Å². The Morgan fingerprint density at radius 2 is 2.23 bits per heavy atom. The predicted molar refractivity (Wildman–Crippen MR) is 88.8 cm³/mol. The quantitative estimate of drug-likeness (QED) is 0.844. The molecule has 0 radical (unpaired) electrons. The zero-order valence-electron chi connectivity index (χ0n) is 12.4. The van der Waals surface area contributed by atoms with E-state index in [1.807, 2.05) is 24.4 Å². The minimum absolute atomic E-state index is 0.161. The number of halogens is 1. The van der Waals surface area contributed by atoms with E-state index < -0.39 is 6.10 Å². The van der Waals surface area contributed by atoms with Crippen LogP contribution in [0.4, 0.5) is 0 Å². The average Bonchev–Trinajstić information content (AvgIpc) is 3.01. The summed E-state index contributed by atoms with van der Waals surface area (Å²) < 4.78 is 5.10. The summed E-state index contributed by atoms with van der Waals surface area (Å²) in [4.78, 5) is 13.1. The molecule has 4 nitrogen and oxygen atoms in total. The first-order chi connectivity index (χ1) is 10.5. The lowest BCUT2D eigenvalue weighted by Crippen LogP contribution is -2.33. The van der Waals surface area contributed by atoms with Gasteiger partial charge < -0.3 is 15.2 Å². The molecule has 0 bridgehead atoms. The Kier molecular flexibility index (Phi) is 5.83. The second-order valence-corrected chi connectivity index (χ2v) is 6.38. The lowest BCUT2D eigenvalue weighted by molar-refractivity contribution is 0.0918. The molecule has 0 saturated heterocycles. The molecule has 22 heavy (non-hydrogen) atoms. The summed E-state index contributed by atoms with van der Waals surface area (Å²) in [6, 6.07) is 8.48. The molecule has 0 saturated carbocycles. The summed E-state index contributed by atoms with van der Waals surface area (Å²) in [5.74, 6) is 0.237. The van der Waals surface area contributed by atoms with Gasteiger partial charge in [-0.3, -0.25) is 4.79 Å². The second kappa shape index (κ2) is 7.63. The highest BCUT2D eigenvalue weighted by atomic mass is 35.5. The van der Waals surface area contributed by atoms with E-state index in [1.54, 1.807) is 18.2 Å². The number of carbonyl (C=O) groups excluding carboxylic acids is 1. The van der Waals surface area contributed by atoms with Crippen LogP contribution in [0.5, 0.6) is 5.75 Å². The number of methoxy groups -OCH3 is 1. The van der Waals surface area contributed by atoms with E-state index in [0.717, 1.165) is 4.88 Å². The van der Waals surface area contributed by atoms with Gasteiger partial charge in [0.2, 0.25) is 0 Å². The first kappa shape index (κ1) is 16.8. The SMILES string of the molecule is COc1cc(C(=O)N[C@@H](C)C[C@H](O)c2cccs2)ccc1Cl. The van der Waals surface area contributed by atoms with Crippen molar-refractivity contribution >= 4 is 28.8 Å². The van der Waals surface area contributed by atoms with Gasteiger partial charge in [0.15, 0.2) is 0 Å². The number of carbonyl (C=O) groups is 1. The highest BCUT2D eigenvalue weighted by molar-refractivity contribution is 7.10. The van der Waals surface area contributed by atoms with Crippen LogP contribution in [0.2, 0.25) is 5.02 Å². The number of aliphatic hydroxyl groups excluding tert-OH is 1. The largest absolute Gasteiger partial charge is 0.495 e. The molecular weight excluding hydrogens is 322 g/mol. The summed E-state index contributed by atoms with van der Waals surface area (Å²) in [5.41, 5.74) is 0.471. The number of thiophene rings is 1. The molecule has 1 amide bonds. The fourth-order valence-electron chi connectivity index (χ4n) is 2.10. The van der Waals surface area contributed by atoms with Crippen LogP contribution in [0.25, 0.3) is 0 Å². The van der Waals surface area contributed by atoms with E-state index in [9.17, 15) is 9.90 Å². The van der Waals surface area contributed by atoms with Crippen molar-refractivity contribution in [1.82, 2.24) is 5.32 Å². The summed E-state index contributed by atoms with van der Waals surface area (Å²) in [5, 5.41) is 15.3.